The average Bonchev–Trinajstić information content (AvgIpc) is 3.40. The Kier molecular flexibility index (Phi) is 9.00. The van der Waals surface area contributed by atoms with Gasteiger partial charge in [-0.25, -0.2) is 8.42 Å². The number of nitrogens with one attached hydrogen (secondary N) is 1. The molecule has 2 aromatic carbocycles. The second-order valence-electron chi connectivity index (χ2n) is 9.82. The lowest BCUT2D eigenvalue weighted by atomic mass is 10.0. The molecule has 0 radical (unpaired) electrons. The molecule has 36 heavy (non-hydrogen) atoms. The lowest BCUT2D eigenvalue weighted by molar-refractivity contribution is -0.136. The highest BCUT2D eigenvalue weighted by molar-refractivity contribution is 7.89. The number of carbonyl (C=O) groups is 1. The number of aliphatic hydroxyl groups excluding tert-OH is 1. The van der Waals surface area contributed by atoms with E-state index < -0.39 is 16.1 Å². The number of β-amino-alcohol motifs (C(OH)–C–C–N with tert-alkyl or cyclic N) is 1. The van der Waals surface area contributed by atoms with Crippen LogP contribution in [0.5, 0.6) is 5.75 Å². The quantitative estimate of drug-likeness (QED) is 0.477. The number of benzene rings is 2. The Morgan fingerprint density at radius 1 is 1.11 bits per heavy atom. The summed E-state index contributed by atoms with van der Waals surface area (Å²) in [6, 6.07) is 16.2. The summed E-state index contributed by atoms with van der Waals surface area (Å²) in [7, 11) is -2.29. The first-order chi connectivity index (χ1) is 17.4. The number of methoxy groups -OCH3 is 1. The monoisotopic (exact) mass is 515 g/mol. The molecule has 2 aromatic rings. The van der Waals surface area contributed by atoms with Gasteiger partial charge in [-0.3, -0.25) is 4.79 Å². The second-order valence-corrected chi connectivity index (χ2v) is 11.8. The number of rotatable bonds is 11. The maximum Gasteiger partial charge on any atom is 0.243 e. The molecule has 1 aliphatic carbocycles. The predicted molar refractivity (Wildman–Crippen MR) is 138 cm³/mol. The SMILES string of the molecule is COc1ccc(S(=O)(=O)N(CC2CCCC2)C[C@@H](O)CN2C(=O)CNC[C@@H]2Cc2ccccc2)cc1. The van der Waals surface area contributed by atoms with Crippen molar-refractivity contribution in [1.82, 2.24) is 14.5 Å². The molecule has 8 nitrogen and oxygen atoms in total. The lowest BCUT2D eigenvalue weighted by Gasteiger charge is -2.38. The van der Waals surface area contributed by atoms with Gasteiger partial charge in [0.15, 0.2) is 0 Å². The molecule has 196 valence electrons. The molecule has 1 amide bonds. The summed E-state index contributed by atoms with van der Waals surface area (Å²) in [4.78, 5) is 14.7. The van der Waals surface area contributed by atoms with Gasteiger partial charge in [-0.1, -0.05) is 43.2 Å². The van der Waals surface area contributed by atoms with Crippen LogP contribution in [0.15, 0.2) is 59.5 Å². The highest BCUT2D eigenvalue weighted by Crippen LogP contribution is 2.28. The Hall–Kier alpha value is -2.46. The van der Waals surface area contributed by atoms with E-state index in [4.69, 9.17) is 4.74 Å². The van der Waals surface area contributed by atoms with Gasteiger partial charge in [0.05, 0.1) is 24.7 Å². The van der Waals surface area contributed by atoms with Crippen LogP contribution in [-0.2, 0) is 21.2 Å². The maximum absolute atomic E-state index is 13.6. The Morgan fingerprint density at radius 2 is 1.81 bits per heavy atom. The van der Waals surface area contributed by atoms with E-state index in [1.165, 1.54) is 23.5 Å². The van der Waals surface area contributed by atoms with E-state index in [9.17, 15) is 18.3 Å². The van der Waals surface area contributed by atoms with Crippen LogP contribution in [0.3, 0.4) is 0 Å². The zero-order chi connectivity index (χ0) is 25.5. The van der Waals surface area contributed by atoms with Gasteiger partial charge < -0.3 is 20.1 Å². The summed E-state index contributed by atoms with van der Waals surface area (Å²) in [5, 5.41) is 14.3. The number of aliphatic hydroxyl groups is 1. The molecule has 0 spiro atoms. The van der Waals surface area contributed by atoms with Gasteiger partial charge in [0.1, 0.15) is 5.75 Å². The smallest absolute Gasteiger partial charge is 0.243 e. The molecule has 0 unspecified atom stereocenters. The standard InChI is InChI=1S/C27H37N3O5S/c1-35-25-11-13-26(14-12-25)36(33,34)29(18-22-9-5-6-10-22)19-24(31)20-30-23(16-28-17-27(30)32)15-21-7-3-2-4-8-21/h2-4,7-8,11-14,22-24,28,31H,5-6,9-10,15-20H2,1H3/t23-,24+/m0/s1. The van der Waals surface area contributed by atoms with Crippen LogP contribution in [0.25, 0.3) is 0 Å². The summed E-state index contributed by atoms with van der Waals surface area (Å²) in [5.74, 6) is 0.775. The van der Waals surface area contributed by atoms with Crippen LogP contribution < -0.4 is 10.1 Å². The zero-order valence-electron chi connectivity index (χ0n) is 20.9. The van der Waals surface area contributed by atoms with Crippen molar-refractivity contribution in [2.24, 2.45) is 5.92 Å². The predicted octanol–water partition coefficient (Wildman–Crippen LogP) is 2.28. The minimum absolute atomic E-state index is 0.0554. The Bertz CT molecular complexity index is 1090. The molecule has 2 N–H and O–H groups in total. The van der Waals surface area contributed by atoms with Crippen molar-refractivity contribution in [3.8, 4) is 5.75 Å². The third kappa shape index (κ3) is 6.64. The summed E-state index contributed by atoms with van der Waals surface area (Å²) in [5.41, 5.74) is 1.11. The first kappa shape index (κ1) is 26.6. The molecule has 1 aliphatic heterocycles. The molecule has 1 saturated heterocycles. The molecule has 4 rings (SSSR count). The van der Waals surface area contributed by atoms with Crippen molar-refractivity contribution in [1.29, 1.82) is 0 Å². The fraction of sp³-hybridized carbons (Fsp3) is 0.519. The zero-order valence-corrected chi connectivity index (χ0v) is 21.7. The van der Waals surface area contributed by atoms with Gasteiger partial charge >= 0.3 is 0 Å². The Labute approximate surface area is 214 Å². The van der Waals surface area contributed by atoms with E-state index in [1.54, 1.807) is 17.0 Å². The van der Waals surface area contributed by atoms with Gasteiger partial charge in [-0.05, 0) is 55.0 Å². The van der Waals surface area contributed by atoms with Crippen LogP contribution in [0.1, 0.15) is 31.2 Å². The number of sulfonamides is 1. The molecule has 2 aliphatic rings. The van der Waals surface area contributed by atoms with Gasteiger partial charge in [-0.2, -0.15) is 4.31 Å². The molecular weight excluding hydrogens is 478 g/mol. The third-order valence-corrected chi connectivity index (χ3v) is 9.03. The topological polar surface area (TPSA) is 99.2 Å². The van der Waals surface area contributed by atoms with Crippen LogP contribution in [0, 0.1) is 5.92 Å². The molecule has 1 heterocycles. The molecule has 9 heteroatoms. The summed E-state index contributed by atoms with van der Waals surface area (Å²) in [6.45, 7) is 1.25. The van der Waals surface area contributed by atoms with Crippen LogP contribution >= 0.6 is 0 Å². The molecule has 2 atom stereocenters. The summed E-state index contributed by atoms with van der Waals surface area (Å²) >= 11 is 0. The maximum atomic E-state index is 13.6. The first-order valence-corrected chi connectivity index (χ1v) is 14.2. The highest BCUT2D eigenvalue weighted by Gasteiger charge is 2.34. The van der Waals surface area contributed by atoms with E-state index in [-0.39, 0.29) is 42.4 Å². The molecule has 1 saturated carbocycles. The lowest BCUT2D eigenvalue weighted by Crippen LogP contribution is -2.58. The Balaban J connectivity index is 1.49. The van der Waals surface area contributed by atoms with Crippen LogP contribution in [0.4, 0.5) is 0 Å². The number of hydrogen-bond acceptors (Lipinski definition) is 6. The number of ether oxygens (including phenoxy) is 1. The molecular formula is C27H37N3O5S. The highest BCUT2D eigenvalue weighted by atomic mass is 32.2. The molecule has 0 bridgehead atoms. The largest absolute Gasteiger partial charge is 0.497 e. The Morgan fingerprint density at radius 3 is 2.47 bits per heavy atom. The third-order valence-electron chi connectivity index (χ3n) is 7.19. The summed E-state index contributed by atoms with van der Waals surface area (Å²) in [6.07, 6.45) is 3.84. The fourth-order valence-corrected chi connectivity index (χ4v) is 6.80. The van der Waals surface area contributed by atoms with Gasteiger partial charge in [0.25, 0.3) is 0 Å². The fourth-order valence-electron chi connectivity index (χ4n) is 5.25. The minimum Gasteiger partial charge on any atom is -0.497 e. The van der Waals surface area contributed by atoms with Gasteiger partial charge in [0, 0.05) is 32.2 Å². The van der Waals surface area contributed by atoms with Crippen molar-refractivity contribution in [3.63, 3.8) is 0 Å². The van der Waals surface area contributed by atoms with Gasteiger partial charge in [-0.15, -0.1) is 0 Å². The number of piperazine rings is 1. The second kappa shape index (κ2) is 12.2. The number of hydrogen-bond donors (Lipinski definition) is 2. The van der Waals surface area contributed by atoms with Crippen molar-refractivity contribution < 1.29 is 23.1 Å². The van der Waals surface area contributed by atoms with E-state index in [1.807, 2.05) is 30.3 Å². The van der Waals surface area contributed by atoms with Crippen molar-refractivity contribution >= 4 is 15.9 Å². The number of amides is 1. The normalized spacial score (nSPS) is 20.1. The number of carbonyl (C=O) groups excluding carboxylic acids is 1. The van der Waals surface area contributed by atoms with Crippen LogP contribution in [-0.4, -0.2) is 80.6 Å². The van der Waals surface area contributed by atoms with Crippen molar-refractivity contribution in [2.75, 3.05) is 39.8 Å². The molecule has 2 fully saturated rings. The minimum atomic E-state index is -3.82. The van der Waals surface area contributed by atoms with Crippen molar-refractivity contribution in [3.05, 3.63) is 60.2 Å². The van der Waals surface area contributed by atoms with E-state index in [0.29, 0.717) is 25.3 Å². The van der Waals surface area contributed by atoms with Crippen LogP contribution in [0.2, 0.25) is 0 Å². The average molecular weight is 516 g/mol. The first-order valence-electron chi connectivity index (χ1n) is 12.7. The van der Waals surface area contributed by atoms with E-state index in [2.05, 4.69) is 5.32 Å². The van der Waals surface area contributed by atoms with E-state index >= 15 is 0 Å². The van der Waals surface area contributed by atoms with Gasteiger partial charge in [0.2, 0.25) is 15.9 Å². The molecule has 0 aromatic heterocycles. The summed E-state index contributed by atoms with van der Waals surface area (Å²) < 4.78 is 33.8. The van der Waals surface area contributed by atoms with Crippen molar-refractivity contribution in [2.45, 2.75) is 49.1 Å². The van der Waals surface area contributed by atoms with E-state index in [0.717, 1.165) is 31.2 Å². The number of nitrogens with zero attached hydrogens (tertiary/aromatic N) is 2.